The number of nitrogens with zero attached hydrogens (tertiary/aromatic N) is 3. The van der Waals surface area contributed by atoms with Gasteiger partial charge in [-0.2, -0.15) is 13.2 Å². The van der Waals surface area contributed by atoms with Gasteiger partial charge in [-0.3, -0.25) is 4.79 Å². The van der Waals surface area contributed by atoms with Gasteiger partial charge in [-0.1, -0.05) is 41.9 Å². The Bertz CT molecular complexity index is 1570. The molecule has 1 saturated heterocycles. The molecule has 1 amide bonds. The number of fused-ring (bicyclic) bond motifs is 1. The van der Waals surface area contributed by atoms with E-state index in [2.05, 4.69) is 26.2 Å². The summed E-state index contributed by atoms with van der Waals surface area (Å²) >= 11 is 0.907. The standard InChI is InChI=1S/C29H21F5N4O3S/c1-2-10-40-24-14-35-23(13-36-24)22(31)12-17-8-9-21(30)19(11-17)28-16-41-25(29(32,33)34)20(28)15-42-27(38-28)37-26(39)18-6-4-3-5-7-18/h1,3-9,11-14,20,25H,10,15-16H2,(H,37,38,39)/b22-12-/t20-,25+,28-/m1/s1. The van der Waals surface area contributed by atoms with Gasteiger partial charge in [0.25, 0.3) is 5.91 Å². The summed E-state index contributed by atoms with van der Waals surface area (Å²) in [6, 6.07) is 11.7. The molecule has 216 valence electrons. The van der Waals surface area contributed by atoms with Gasteiger partial charge in [0, 0.05) is 22.8 Å². The fraction of sp³-hybridized carbons (Fsp3) is 0.241. The summed E-state index contributed by atoms with van der Waals surface area (Å²) in [5.41, 5.74) is -1.79. The Morgan fingerprint density at radius 2 is 2.00 bits per heavy atom. The minimum absolute atomic E-state index is 0.0143. The number of aliphatic imine (C=N–C) groups is 1. The monoisotopic (exact) mass is 600 g/mol. The highest BCUT2D eigenvalue weighted by Crippen LogP contribution is 2.52. The predicted octanol–water partition coefficient (Wildman–Crippen LogP) is 5.40. The molecule has 13 heteroatoms. The lowest BCUT2D eigenvalue weighted by molar-refractivity contribution is -0.215. The largest absolute Gasteiger partial charge is 0.463 e. The van der Waals surface area contributed by atoms with Crippen LogP contribution in [0.3, 0.4) is 0 Å². The normalized spacial score (nSPS) is 22.1. The van der Waals surface area contributed by atoms with Crippen molar-refractivity contribution in [3.63, 3.8) is 0 Å². The van der Waals surface area contributed by atoms with Crippen LogP contribution in [0.4, 0.5) is 22.0 Å². The van der Waals surface area contributed by atoms with Gasteiger partial charge in [0.1, 0.15) is 17.1 Å². The second-order valence-corrected chi connectivity index (χ2v) is 10.3. The Morgan fingerprint density at radius 1 is 1.21 bits per heavy atom. The van der Waals surface area contributed by atoms with Gasteiger partial charge in [-0.05, 0) is 35.9 Å². The lowest BCUT2D eigenvalue weighted by atomic mass is 9.78. The van der Waals surface area contributed by atoms with E-state index in [1.807, 2.05) is 0 Å². The van der Waals surface area contributed by atoms with Gasteiger partial charge in [0.2, 0.25) is 5.88 Å². The van der Waals surface area contributed by atoms with E-state index < -0.39 is 47.9 Å². The first-order chi connectivity index (χ1) is 20.1. The van der Waals surface area contributed by atoms with Crippen LogP contribution in [0.2, 0.25) is 0 Å². The van der Waals surface area contributed by atoms with Crippen molar-refractivity contribution in [2.24, 2.45) is 10.9 Å². The van der Waals surface area contributed by atoms with Crippen molar-refractivity contribution >= 4 is 34.7 Å². The summed E-state index contributed by atoms with van der Waals surface area (Å²) < 4.78 is 82.6. The van der Waals surface area contributed by atoms with E-state index in [9.17, 15) is 18.0 Å². The summed E-state index contributed by atoms with van der Waals surface area (Å²) in [5, 5.41) is 2.62. The number of hydrogen-bond acceptors (Lipinski definition) is 7. The average Bonchev–Trinajstić information content (AvgIpc) is 3.38. The quantitative estimate of drug-likeness (QED) is 0.301. The maximum atomic E-state index is 15.4. The van der Waals surface area contributed by atoms with Crippen molar-refractivity contribution in [2.75, 3.05) is 19.0 Å². The van der Waals surface area contributed by atoms with Gasteiger partial charge < -0.3 is 14.8 Å². The molecule has 1 fully saturated rings. The first-order valence-electron chi connectivity index (χ1n) is 12.4. The number of rotatable bonds is 6. The third-order valence-corrected chi connectivity index (χ3v) is 7.66. The number of ether oxygens (including phenoxy) is 2. The number of alkyl halides is 3. The molecular formula is C29H21F5N4O3S. The number of hydrogen-bond donors (Lipinski definition) is 1. The highest BCUT2D eigenvalue weighted by molar-refractivity contribution is 8.13. The van der Waals surface area contributed by atoms with E-state index in [1.54, 1.807) is 30.3 Å². The Morgan fingerprint density at radius 3 is 2.69 bits per heavy atom. The zero-order chi connectivity index (χ0) is 29.9. The van der Waals surface area contributed by atoms with E-state index in [-0.39, 0.29) is 40.2 Å². The van der Waals surface area contributed by atoms with Crippen molar-refractivity contribution in [1.82, 2.24) is 15.3 Å². The molecule has 0 spiro atoms. The average molecular weight is 601 g/mol. The smallest absolute Gasteiger partial charge is 0.415 e. The first-order valence-corrected chi connectivity index (χ1v) is 13.4. The molecule has 3 heterocycles. The van der Waals surface area contributed by atoms with Crippen LogP contribution in [0.5, 0.6) is 5.88 Å². The fourth-order valence-electron chi connectivity index (χ4n) is 4.71. The second-order valence-electron chi connectivity index (χ2n) is 9.32. The fourth-order valence-corrected chi connectivity index (χ4v) is 5.89. The summed E-state index contributed by atoms with van der Waals surface area (Å²) in [7, 11) is 0. The van der Waals surface area contributed by atoms with Crippen LogP contribution in [0.15, 0.2) is 65.9 Å². The van der Waals surface area contributed by atoms with Crippen molar-refractivity contribution in [2.45, 2.75) is 17.8 Å². The molecule has 3 atom stereocenters. The summed E-state index contributed by atoms with van der Waals surface area (Å²) in [4.78, 5) is 25.1. The number of terminal acetylenes is 1. The molecule has 2 aromatic carbocycles. The van der Waals surface area contributed by atoms with Crippen LogP contribution in [-0.4, -0.2) is 52.3 Å². The summed E-state index contributed by atoms with van der Waals surface area (Å²) in [5.74, 6) is -1.37. The Balaban J connectivity index is 1.51. The van der Waals surface area contributed by atoms with Gasteiger partial charge in [0.05, 0.1) is 19.0 Å². The van der Waals surface area contributed by atoms with Gasteiger partial charge in [-0.15, -0.1) is 6.42 Å². The molecule has 0 unspecified atom stereocenters. The minimum atomic E-state index is -4.75. The molecule has 1 aromatic heterocycles. The zero-order valence-corrected chi connectivity index (χ0v) is 22.4. The van der Waals surface area contributed by atoms with Crippen molar-refractivity contribution < 1.29 is 36.2 Å². The molecule has 3 aromatic rings. The Kier molecular flexibility index (Phi) is 8.29. The summed E-state index contributed by atoms with van der Waals surface area (Å²) in [6.45, 7) is -0.657. The highest BCUT2D eigenvalue weighted by atomic mass is 32.2. The van der Waals surface area contributed by atoms with Crippen molar-refractivity contribution in [3.05, 3.63) is 89.1 Å². The minimum Gasteiger partial charge on any atom is -0.463 e. The van der Waals surface area contributed by atoms with Crippen LogP contribution in [0, 0.1) is 24.1 Å². The molecule has 42 heavy (non-hydrogen) atoms. The molecule has 0 bridgehead atoms. The van der Waals surface area contributed by atoms with Crippen molar-refractivity contribution in [1.29, 1.82) is 0 Å². The number of halogens is 5. The predicted molar refractivity (Wildman–Crippen MR) is 147 cm³/mol. The lowest BCUT2D eigenvalue weighted by Crippen LogP contribution is -2.47. The number of amides is 1. The molecule has 0 saturated carbocycles. The number of benzene rings is 2. The molecule has 5 rings (SSSR count). The van der Waals surface area contributed by atoms with Crippen LogP contribution in [-0.2, 0) is 10.3 Å². The highest BCUT2D eigenvalue weighted by Gasteiger charge is 2.62. The molecule has 0 aliphatic carbocycles. The van der Waals surface area contributed by atoms with Crippen LogP contribution in [0.25, 0.3) is 11.9 Å². The SMILES string of the molecule is C#CCOc1cnc(/C(F)=C/c2ccc(F)c([C@]34CO[C@H](C(F)(F)F)[C@H]3CSC(NC(=O)c3ccccc3)=N4)c2)cn1. The topological polar surface area (TPSA) is 85.7 Å². The maximum absolute atomic E-state index is 15.4. The van der Waals surface area contributed by atoms with E-state index in [0.717, 1.165) is 30.1 Å². The number of carbonyl (C=O) groups is 1. The molecule has 1 N–H and O–H groups in total. The lowest BCUT2D eigenvalue weighted by Gasteiger charge is -2.37. The molecule has 2 aliphatic heterocycles. The molecular weight excluding hydrogens is 579 g/mol. The number of amidine groups is 1. The van der Waals surface area contributed by atoms with Crippen LogP contribution in [0.1, 0.15) is 27.2 Å². The number of thioether (sulfide) groups is 1. The van der Waals surface area contributed by atoms with E-state index >= 15 is 8.78 Å². The van der Waals surface area contributed by atoms with Crippen LogP contribution < -0.4 is 10.1 Å². The molecule has 2 aliphatic rings. The van der Waals surface area contributed by atoms with Gasteiger partial charge in [0.15, 0.2) is 23.7 Å². The van der Waals surface area contributed by atoms with Crippen molar-refractivity contribution in [3.8, 4) is 18.2 Å². The first kappa shape index (κ1) is 29.2. The van der Waals surface area contributed by atoms with E-state index in [0.29, 0.717) is 5.56 Å². The molecule has 7 nitrogen and oxygen atoms in total. The van der Waals surface area contributed by atoms with Gasteiger partial charge >= 0.3 is 6.18 Å². The number of nitrogens with one attached hydrogen (secondary N) is 1. The second kappa shape index (κ2) is 11.9. The number of aromatic nitrogens is 2. The third-order valence-electron chi connectivity index (χ3n) is 6.67. The third kappa shape index (κ3) is 6.00. The van der Waals surface area contributed by atoms with E-state index in [4.69, 9.17) is 15.9 Å². The maximum Gasteiger partial charge on any atom is 0.415 e. The van der Waals surface area contributed by atoms with Gasteiger partial charge in [-0.25, -0.2) is 23.7 Å². The number of carbonyl (C=O) groups excluding carboxylic acids is 1. The van der Waals surface area contributed by atoms with E-state index in [1.165, 1.54) is 18.3 Å². The Labute approximate surface area is 241 Å². The molecule has 0 radical (unpaired) electrons. The summed E-state index contributed by atoms with van der Waals surface area (Å²) in [6.07, 6.45) is 1.47. The Hall–Kier alpha value is -4.28. The zero-order valence-electron chi connectivity index (χ0n) is 21.6. The van der Waals surface area contributed by atoms with Crippen LogP contribution >= 0.6 is 11.8 Å².